The molecule has 2 saturated heterocycles. The topological polar surface area (TPSA) is 61.4 Å². The summed E-state index contributed by atoms with van der Waals surface area (Å²) in [4.78, 5) is 9.29. The highest BCUT2D eigenvalue weighted by Crippen LogP contribution is 2.11. The Morgan fingerprint density at radius 1 is 1.11 bits per heavy atom. The standard InChI is InChI=1S/C19H39N5O2.HI/c1-20-19(22-9-5-15-25-17-18-7-3-16-26-18)21-8-4-11-24-12-6-10-23(2)13-14-24;/h18H,3-17H2,1-2H3,(H2,20,21,22);1H. The van der Waals surface area contributed by atoms with Crippen molar-refractivity contribution in [2.24, 2.45) is 4.99 Å². The van der Waals surface area contributed by atoms with Gasteiger partial charge >= 0.3 is 0 Å². The van der Waals surface area contributed by atoms with Crippen LogP contribution in [0.2, 0.25) is 0 Å². The minimum absolute atomic E-state index is 0. The summed E-state index contributed by atoms with van der Waals surface area (Å²) in [5, 5.41) is 6.77. The van der Waals surface area contributed by atoms with Crippen LogP contribution >= 0.6 is 24.0 Å². The number of hydrogen-bond donors (Lipinski definition) is 2. The van der Waals surface area contributed by atoms with Crippen molar-refractivity contribution in [3.8, 4) is 0 Å². The van der Waals surface area contributed by atoms with Crippen molar-refractivity contribution in [1.82, 2.24) is 20.4 Å². The predicted octanol–water partition coefficient (Wildman–Crippen LogP) is 1.38. The molecule has 2 rings (SSSR count). The Bertz CT molecular complexity index is 394. The van der Waals surface area contributed by atoms with Gasteiger partial charge in [-0.05, 0) is 58.8 Å². The minimum Gasteiger partial charge on any atom is -0.379 e. The monoisotopic (exact) mass is 497 g/mol. The van der Waals surface area contributed by atoms with E-state index in [0.717, 1.165) is 64.7 Å². The molecule has 0 aromatic rings. The summed E-state index contributed by atoms with van der Waals surface area (Å²) in [6.45, 7) is 10.2. The molecular formula is C19H40IN5O2. The number of aliphatic imine (C=N–C) groups is 1. The van der Waals surface area contributed by atoms with Gasteiger partial charge < -0.3 is 29.9 Å². The Balaban J connectivity index is 0.00000364. The van der Waals surface area contributed by atoms with E-state index in [0.29, 0.717) is 6.10 Å². The summed E-state index contributed by atoms with van der Waals surface area (Å²) in [6.07, 6.45) is 6.04. The summed E-state index contributed by atoms with van der Waals surface area (Å²) in [6, 6.07) is 0. The van der Waals surface area contributed by atoms with Crippen molar-refractivity contribution in [2.45, 2.75) is 38.2 Å². The molecule has 27 heavy (non-hydrogen) atoms. The Morgan fingerprint density at radius 2 is 1.93 bits per heavy atom. The second kappa shape index (κ2) is 15.7. The SMILES string of the molecule is CN=C(NCCCOCC1CCCO1)NCCCN1CCCN(C)CC1.I. The van der Waals surface area contributed by atoms with E-state index in [1.165, 1.54) is 39.0 Å². The second-order valence-corrected chi connectivity index (χ2v) is 7.34. The molecule has 2 fully saturated rings. The first-order chi connectivity index (χ1) is 12.8. The molecule has 1 unspecified atom stereocenters. The molecule has 2 aliphatic rings. The normalized spacial score (nSPS) is 22.3. The summed E-state index contributed by atoms with van der Waals surface area (Å²) >= 11 is 0. The van der Waals surface area contributed by atoms with Gasteiger partial charge in [0.25, 0.3) is 0 Å². The molecule has 0 aromatic carbocycles. The molecule has 7 nitrogen and oxygen atoms in total. The zero-order chi connectivity index (χ0) is 18.5. The minimum atomic E-state index is 0. The van der Waals surface area contributed by atoms with Gasteiger partial charge in [0, 0.05) is 46.4 Å². The van der Waals surface area contributed by atoms with Crippen molar-refractivity contribution < 1.29 is 9.47 Å². The lowest BCUT2D eigenvalue weighted by molar-refractivity contribution is 0.0168. The third-order valence-corrected chi connectivity index (χ3v) is 5.06. The molecule has 160 valence electrons. The number of ether oxygens (including phenoxy) is 2. The average molecular weight is 497 g/mol. The van der Waals surface area contributed by atoms with Crippen molar-refractivity contribution in [3.05, 3.63) is 0 Å². The Morgan fingerprint density at radius 3 is 2.67 bits per heavy atom. The molecule has 0 aromatic heterocycles. The van der Waals surface area contributed by atoms with Gasteiger partial charge in [-0.25, -0.2) is 0 Å². The molecule has 0 bridgehead atoms. The number of nitrogens with one attached hydrogen (secondary N) is 2. The van der Waals surface area contributed by atoms with Gasteiger partial charge in [-0.1, -0.05) is 0 Å². The lowest BCUT2D eigenvalue weighted by Gasteiger charge is -2.20. The highest BCUT2D eigenvalue weighted by atomic mass is 127. The van der Waals surface area contributed by atoms with Crippen LogP contribution in [0.25, 0.3) is 0 Å². The molecule has 0 spiro atoms. The van der Waals surface area contributed by atoms with Gasteiger partial charge in [-0.15, -0.1) is 24.0 Å². The van der Waals surface area contributed by atoms with Crippen molar-refractivity contribution >= 4 is 29.9 Å². The van der Waals surface area contributed by atoms with Crippen molar-refractivity contribution in [3.63, 3.8) is 0 Å². The van der Waals surface area contributed by atoms with Crippen LogP contribution in [0.15, 0.2) is 4.99 Å². The first-order valence-corrected chi connectivity index (χ1v) is 10.3. The molecular weight excluding hydrogens is 457 g/mol. The summed E-state index contributed by atoms with van der Waals surface area (Å²) < 4.78 is 11.2. The van der Waals surface area contributed by atoms with E-state index >= 15 is 0 Å². The van der Waals surface area contributed by atoms with Gasteiger partial charge in [0.1, 0.15) is 0 Å². The zero-order valence-corrected chi connectivity index (χ0v) is 19.6. The van der Waals surface area contributed by atoms with Gasteiger partial charge in [0.05, 0.1) is 12.7 Å². The van der Waals surface area contributed by atoms with Crippen LogP contribution < -0.4 is 10.6 Å². The fourth-order valence-corrected chi connectivity index (χ4v) is 3.43. The van der Waals surface area contributed by atoms with Crippen LogP contribution in [0, 0.1) is 0 Å². The number of guanidine groups is 1. The zero-order valence-electron chi connectivity index (χ0n) is 17.3. The Labute approximate surface area is 182 Å². The Kier molecular flexibility index (Phi) is 14.5. The number of halogens is 1. The van der Waals surface area contributed by atoms with E-state index < -0.39 is 0 Å². The maximum atomic E-state index is 5.68. The molecule has 0 aliphatic carbocycles. The fourth-order valence-electron chi connectivity index (χ4n) is 3.43. The first-order valence-electron chi connectivity index (χ1n) is 10.3. The maximum absolute atomic E-state index is 5.68. The van der Waals surface area contributed by atoms with Crippen molar-refractivity contribution in [1.29, 1.82) is 0 Å². The van der Waals surface area contributed by atoms with E-state index in [4.69, 9.17) is 9.47 Å². The largest absolute Gasteiger partial charge is 0.379 e. The number of hydrogen-bond acceptors (Lipinski definition) is 5. The van der Waals surface area contributed by atoms with Gasteiger partial charge in [0.15, 0.2) is 5.96 Å². The number of rotatable bonds is 10. The third-order valence-electron chi connectivity index (χ3n) is 5.06. The smallest absolute Gasteiger partial charge is 0.190 e. The van der Waals surface area contributed by atoms with E-state index in [-0.39, 0.29) is 24.0 Å². The average Bonchev–Trinajstić information content (AvgIpc) is 3.08. The van der Waals surface area contributed by atoms with Crippen LogP contribution in [0.3, 0.4) is 0 Å². The molecule has 2 aliphatic heterocycles. The maximum Gasteiger partial charge on any atom is 0.190 e. The molecule has 8 heteroatoms. The van der Waals surface area contributed by atoms with Crippen LogP contribution in [-0.4, -0.2) is 102 Å². The number of likely N-dealkylation sites (N-methyl/N-ethyl adjacent to an activating group) is 1. The number of nitrogens with zero attached hydrogens (tertiary/aromatic N) is 3. The predicted molar refractivity (Wildman–Crippen MR) is 122 cm³/mol. The van der Waals surface area contributed by atoms with Crippen LogP contribution in [0.5, 0.6) is 0 Å². The van der Waals surface area contributed by atoms with Gasteiger partial charge in [-0.2, -0.15) is 0 Å². The molecule has 1 atom stereocenters. The molecule has 2 heterocycles. The van der Waals surface area contributed by atoms with E-state index in [2.05, 4.69) is 32.5 Å². The van der Waals surface area contributed by atoms with E-state index in [9.17, 15) is 0 Å². The van der Waals surface area contributed by atoms with Crippen LogP contribution in [0.1, 0.15) is 32.1 Å². The van der Waals surface area contributed by atoms with Crippen LogP contribution in [-0.2, 0) is 9.47 Å². The first kappa shape index (κ1) is 24.9. The summed E-state index contributed by atoms with van der Waals surface area (Å²) in [5.74, 6) is 0.889. The molecule has 0 saturated carbocycles. The lowest BCUT2D eigenvalue weighted by Crippen LogP contribution is -2.39. The van der Waals surface area contributed by atoms with Crippen LogP contribution in [0.4, 0.5) is 0 Å². The third kappa shape index (κ3) is 11.4. The van der Waals surface area contributed by atoms with Crippen molar-refractivity contribution in [2.75, 3.05) is 79.7 Å². The van der Waals surface area contributed by atoms with Gasteiger partial charge in [0.2, 0.25) is 0 Å². The van der Waals surface area contributed by atoms with Gasteiger partial charge in [-0.3, -0.25) is 4.99 Å². The molecule has 2 N–H and O–H groups in total. The second-order valence-electron chi connectivity index (χ2n) is 7.34. The molecule has 0 radical (unpaired) electrons. The Hall–Kier alpha value is -0.160. The highest BCUT2D eigenvalue weighted by molar-refractivity contribution is 14.0. The lowest BCUT2D eigenvalue weighted by atomic mass is 10.2. The molecule has 0 amide bonds. The quantitative estimate of drug-likeness (QED) is 0.206. The van der Waals surface area contributed by atoms with E-state index in [1.54, 1.807) is 0 Å². The highest BCUT2D eigenvalue weighted by Gasteiger charge is 2.15. The van der Waals surface area contributed by atoms with E-state index in [1.807, 2.05) is 7.05 Å². The fraction of sp³-hybridized carbons (Fsp3) is 0.947. The summed E-state index contributed by atoms with van der Waals surface area (Å²) in [5.41, 5.74) is 0. The summed E-state index contributed by atoms with van der Waals surface area (Å²) in [7, 11) is 4.04.